The Labute approximate surface area is 294 Å². The van der Waals surface area contributed by atoms with Crippen molar-refractivity contribution < 1.29 is 48.0 Å². The second-order valence-electron chi connectivity index (χ2n) is 11.9. The van der Waals surface area contributed by atoms with Gasteiger partial charge in [-0.3, -0.25) is 0 Å². The third-order valence-corrected chi connectivity index (χ3v) is 13.2. The zero-order chi connectivity index (χ0) is 29.5. The van der Waals surface area contributed by atoms with E-state index in [2.05, 4.69) is 159 Å². The summed E-state index contributed by atoms with van der Waals surface area (Å²) in [6, 6.07) is 45.3. The second kappa shape index (κ2) is 16.2. The van der Waals surface area contributed by atoms with Crippen LogP contribution in [-0.2, 0) is 34.1 Å². The van der Waals surface area contributed by atoms with Crippen molar-refractivity contribution >= 4 is 0 Å². The minimum atomic E-state index is -1.10. The van der Waals surface area contributed by atoms with Gasteiger partial charge in [0.15, 0.2) is 0 Å². The maximum atomic E-state index is 2.50. The summed E-state index contributed by atoms with van der Waals surface area (Å²) < 4.78 is 3.49. The molecular formula is C42H42Cl2Zr. The van der Waals surface area contributed by atoms with Crippen LogP contribution in [0.15, 0.2) is 163 Å². The van der Waals surface area contributed by atoms with Crippen LogP contribution in [0.2, 0.25) is 0 Å². The first kappa shape index (κ1) is 35.2. The van der Waals surface area contributed by atoms with E-state index < -0.39 is 23.2 Å². The summed E-state index contributed by atoms with van der Waals surface area (Å²) in [5, 5.41) is 0. The van der Waals surface area contributed by atoms with E-state index in [1.807, 2.05) is 0 Å². The van der Waals surface area contributed by atoms with E-state index in [9.17, 15) is 0 Å². The van der Waals surface area contributed by atoms with Crippen LogP contribution in [0.5, 0.6) is 0 Å². The van der Waals surface area contributed by atoms with Crippen molar-refractivity contribution in [1.82, 2.24) is 0 Å². The van der Waals surface area contributed by atoms with Gasteiger partial charge in [0.05, 0.1) is 0 Å². The summed E-state index contributed by atoms with van der Waals surface area (Å²) in [5.74, 6) is 0. The molecule has 0 bridgehead atoms. The summed E-state index contributed by atoms with van der Waals surface area (Å²) in [7, 11) is 0. The minimum Gasteiger partial charge on any atom is -1.00 e. The number of hydrogen-bond acceptors (Lipinski definition) is 0. The second-order valence-corrected chi connectivity index (χ2v) is 15.5. The van der Waals surface area contributed by atoms with Crippen LogP contribution in [0.3, 0.4) is 0 Å². The van der Waals surface area contributed by atoms with Gasteiger partial charge in [-0.05, 0) is 0 Å². The van der Waals surface area contributed by atoms with Crippen LogP contribution in [-0.4, -0.2) is 0 Å². The molecule has 0 aliphatic heterocycles. The molecule has 2 aliphatic carbocycles. The first-order chi connectivity index (χ1) is 21.2. The molecule has 0 nitrogen and oxygen atoms in total. The van der Waals surface area contributed by atoms with Gasteiger partial charge >= 0.3 is 272 Å². The molecule has 0 amide bonds. The average Bonchev–Trinajstić information content (AvgIpc) is 3.75. The molecule has 6 rings (SSSR count). The first-order valence-corrected chi connectivity index (χ1v) is 18.5. The quantitative estimate of drug-likeness (QED) is 0.193. The molecular weight excluding hydrogens is 667 g/mol. The molecule has 0 saturated carbocycles. The predicted molar refractivity (Wildman–Crippen MR) is 179 cm³/mol. The fourth-order valence-corrected chi connectivity index (χ4v) is 11.8. The molecule has 0 fully saturated rings. The molecule has 0 heterocycles. The Morgan fingerprint density at radius 2 is 0.756 bits per heavy atom. The monoisotopic (exact) mass is 706 g/mol. The summed E-state index contributed by atoms with van der Waals surface area (Å²) in [4.78, 5) is 0. The van der Waals surface area contributed by atoms with Crippen molar-refractivity contribution in [3.63, 3.8) is 0 Å². The molecule has 2 aliphatic rings. The van der Waals surface area contributed by atoms with Crippen LogP contribution in [0.4, 0.5) is 0 Å². The van der Waals surface area contributed by atoms with Gasteiger partial charge in [0, 0.05) is 0 Å². The van der Waals surface area contributed by atoms with Gasteiger partial charge in [0.2, 0.25) is 0 Å². The third kappa shape index (κ3) is 6.74. The fraction of sp³-hybridized carbons (Fsp3) is 0.238. The molecule has 0 atom stereocenters. The molecule has 0 aromatic heterocycles. The van der Waals surface area contributed by atoms with Crippen molar-refractivity contribution in [2.24, 2.45) is 0 Å². The molecule has 4 aromatic rings. The van der Waals surface area contributed by atoms with Crippen molar-refractivity contribution in [2.75, 3.05) is 0 Å². The molecule has 0 spiro atoms. The largest absolute Gasteiger partial charge is 1.00 e. The topological polar surface area (TPSA) is 0 Å². The molecule has 3 heteroatoms. The van der Waals surface area contributed by atoms with Gasteiger partial charge in [0.25, 0.3) is 0 Å². The van der Waals surface area contributed by atoms with Crippen molar-refractivity contribution in [2.45, 2.75) is 63.2 Å². The van der Waals surface area contributed by atoms with E-state index in [-0.39, 0.29) is 35.6 Å². The molecule has 0 radical (unpaired) electrons. The zero-order valence-corrected chi connectivity index (χ0v) is 30.3. The maximum Gasteiger partial charge on any atom is -1.00 e. The van der Waals surface area contributed by atoms with Gasteiger partial charge < -0.3 is 24.8 Å². The van der Waals surface area contributed by atoms with E-state index in [1.54, 1.807) is 17.7 Å². The van der Waals surface area contributed by atoms with Crippen LogP contribution < -0.4 is 24.8 Å². The van der Waals surface area contributed by atoms with Crippen molar-refractivity contribution in [3.05, 3.63) is 186 Å². The van der Waals surface area contributed by atoms with Gasteiger partial charge in [-0.25, -0.2) is 0 Å². The Hall–Kier alpha value is -2.70. The first-order valence-electron chi connectivity index (χ1n) is 16.0. The summed E-state index contributed by atoms with van der Waals surface area (Å²) >= 11 is -1.10. The number of rotatable bonds is 12. The molecule has 0 unspecified atom stereocenters. The van der Waals surface area contributed by atoms with Gasteiger partial charge in [0.1, 0.15) is 0 Å². The maximum absolute atomic E-state index is 2.50. The summed E-state index contributed by atoms with van der Waals surface area (Å²) in [6.45, 7) is 4.69. The summed E-state index contributed by atoms with van der Waals surface area (Å²) in [5.41, 5.74) is 8.63. The Morgan fingerprint density at radius 3 is 1.02 bits per heavy atom. The van der Waals surface area contributed by atoms with Gasteiger partial charge in [-0.15, -0.1) is 0 Å². The predicted octanol–water partition coefficient (Wildman–Crippen LogP) is 5.08. The molecule has 0 N–H and O–H groups in total. The van der Waals surface area contributed by atoms with Gasteiger partial charge in [-0.2, -0.15) is 0 Å². The number of hydrogen-bond donors (Lipinski definition) is 0. The number of allylic oxidation sites excluding steroid dienone is 8. The van der Waals surface area contributed by atoms with Gasteiger partial charge in [-0.1, -0.05) is 0 Å². The van der Waals surface area contributed by atoms with Crippen LogP contribution in [0.25, 0.3) is 0 Å². The summed E-state index contributed by atoms with van der Waals surface area (Å²) in [6.07, 6.45) is 16.6. The van der Waals surface area contributed by atoms with E-state index in [0.29, 0.717) is 0 Å². The Balaban J connectivity index is 0.00000230. The zero-order valence-electron chi connectivity index (χ0n) is 26.4. The molecule has 4 aromatic carbocycles. The third-order valence-electron chi connectivity index (χ3n) is 9.40. The van der Waals surface area contributed by atoms with E-state index >= 15 is 0 Å². The minimum absolute atomic E-state index is 0. The van der Waals surface area contributed by atoms with Crippen LogP contribution >= 0.6 is 0 Å². The SMILES string of the molecule is CCCC(C1=[C]([Zr+2][C]2=C(C(CCC)(c3ccccc3)c3ccccc3)C=CC2)CC=C1)(c1ccccc1)c1ccccc1.[Cl-].[Cl-]. The molecule has 0 saturated heterocycles. The Morgan fingerprint density at radius 1 is 0.467 bits per heavy atom. The average molecular weight is 709 g/mol. The van der Waals surface area contributed by atoms with Crippen molar-refractivity contribution in [3.8, 4) is 0 Å². The van der Waals surface area contributed by atoms with E-state index in [1.165, 1.54) is 22.3 Å². The smallest absolute Gasteiger partial charge is 1.00 e. The number of halogens is 2. The Bertz CT molecular complexity index is 1430. The Kier molecular flexibility index (Phi) is 12.7. The molecule has 45 heavy (non-hydrogen) atoms. The van der Waals surface area contributed by atoms with Crippen molar-refractivity contribution in [1.29, 1.82) is 0 Å². The fourth-order valence-electron chi connectivity index (χ4n) is 7.67. The standard InChI is InChI=1S/2C21H21.2ClH.Zr/c2*1-2-17-21(20-15-9-10-16-20,18-11-5-3-6-12-18)19-13-7-4-8-14-19;;;/h2*3-9,11-15H,2,10,17H2,1H3;2*1H;/q;;;;+2/p-2. The normalized spacial score (nSPS) is 14.3. The number of benzene rings is 4. The van der Waals surface area contributed by atoms with E-state index in [4.69, 9.17) is 0 Å². The van der Waals surface area contributed by atoms with Crippen LogP contribution in [0, 0.1) is 0 Å². The molecule has 228 valence electrons. The van der Waals surface area contributed by atoms with Crippen LogP contribution in [0.1, 0.15) is 74.6 Å². The van der Waals surface area contributed by atoms with E-state index in [0.717, 1.165) is 38.5 Å².